The topological polar surface area (TPSA) is 69.7 Å². The van der Waals surface area contributed by atoms with Gasteiger partial charge in [-0.15, -0.1) is 0 Å². The summed E-state index contributed by atoms with van der Waals surface area (Å²) >= 11 is 0. The number of methoxy groups -OCH3 is 1. The monoisotopic (exact) mass is 256 g/mol. The molecule has 1 rings (SSSR count). The van der Waals surface area contributed by atoms with E-state index >= 15 is 0 Å². The van der Waals surface area contributed by atoms with Gasteiger partial charge in [0.15, 0.2) is 0 Å². The van der Waals surface area contributed by atoms with E-state index in [4.69, 9.17) is 9.47 Å². The summed E-state index contributed by atoms with van der Waals surface area (Å²) in [5.74, 6) is -0.810. The Kier molecular flexibility index (Phi) is 5.31. The Morgan fingerprint density at radius 1 is 1.39 bits per heavy atom. The Morgan fingerprint density at radius 2 is 2.11 bits per heavy atom. The zero-order valence-corrected chi connectivity index (χ0v) is 11.0. The predicted molar refractivity (Wildman–Crippen MR) is 63.8 cm³/mol. The first-order chi connectivity index (χ1) is 8.56. The maximum Gasteiger partial charge on any atom is 0.319 e. The Bertz CT molecular complexity index is 336. The normalized spacial score (nSPS) is 22.9. The summed E-state index contributed by atoms with van der Waals surface area (Å²) in [6.45, 7) is 2.09. The smallest absolute Gasteiger partial charge is 0.319 e. The first-order valence-electron chi connectivity index (χ1n) is 6.34. The Hall–Kier alpha value is -1.39. The highest BCUT2D eigenvalue weighted by Gasteiger charge is 2.48. The fraction of sp³-hybridized carbons (Fsp3) is 0.769. The van der Waals surface area contributed by atoms with Crippen LogP contribution in [-0.4, -0.2) is 31.4 Å². The lowest BCUT2D eigenvalue weighted by Crippen LogP contribution is -2.36. The van der Waals surface area contributed by atoms with Crippen LogP contribution in [0.15, 0.2) is 0 Å². The standard InChI is InChI=1S/C13H20O5/c1-3-18-11(15)7-5-9-13(12(16)17-2)8-4-6-10(13)14/h3-9H2,1-2H3. The van der Waals surface area contributed by atoms with E-state index in [9.17, 15) is 14.4 Å². The molecule has 0 heterocycles. The van der Waals surface area contributed by atoms with Crippen molar-refractivity contribution in [2.75, 3.05) is 13.7 Å². The molecular formula is C13H20O5. The van der Waals surface area contributed by atoms with Crippen molar-refractivity contribution in [3.63, 3.8) is 0 Å². The Labute approximate surface area is 107 Å². The van der Waals surface area contributed by atoms with E-state index in [0.717, 1.165) is 0 Å². The molecule has 1 aliphatic rings. The third kappa shape index (κ3) is 3.09. The summed E-state index contributed by atoms with van der Waals surface area (Å²) < 4.78 is 9.55. The van der Waals surface area contributed by atoms with Crippen LogP contribution in [0.5, 0.6) is 0 Å². The molecule has 102 valence electrons. The average Bonchev–Trinajstić information content (AvgIpc) is 2.71. The van der Waals surface area contributed by atoms with Crippen LogP contribution in [0, 0.1) is 5.41 Å². The maximum absolute atomic E-state index is 11.9. The van der Waals surface area contributed by atoms with Crippen LogP contribution in [0.25, 0.3) is 0 Å². The van der Waals surface area contributed by atoms with Gasteiger partial charge in [0.05, 0.1) is 13.7 Å². The van der Waals surface area contributed by atoms with Gasteiger partial charge in [-0.2, -0.15) is 0 Å². The summed E-state index contributed by atoms with van der Waals surface area (Å²) in [7, 11) is 1.29. The van der Waals surface area contributed by atoms with E-state index in [0.29, 0.717) is 38.7 Å². The molecule has 0 N–H and O–H groups in total. The first-order valence-corrected chi connectivity index (χ1v) is 6.34. The molecule has 0 bridgehead atoms. The highest BCUT2D eigenvalue weighted by molar-refractivity contribution is 6.05. The van der Waals surface area contributed by atoms with Crippen molar-refractivity contribution in [3.05, 3.63) is 0 Å². The summed E-state index contributed by atoms with van der Waals surface area (Å²) in [6.07, 6.45) is 2.75. The second-order valence-corrected chi connectivity index (χ2v) is 4.51. The van der Waals surface area contributed by atoms with Crippen molar-refractivity contribution >= 4 is 17.7 Å². The number of hydrogen-bond donors (Lipinski definition) is 0. The van der Waals surface area contributed by atoms with Gasteiger partial charge < -0.3 is 9.47 Å². The third-order valence-corrected chi connectivity index (χ3v) is 3.41. The Morgan fingerprint density at radius 3 is 2.61 bits per heavy atom. The van der Waals surface area contributed by atoms with Gasteiger partial charge in [0.1, 0.15) is 11.2 Å². The van der Waals surface area contributed by atoms with Crippen LogP contribution in [0.3, 0.4) is 0 Å². The number of carbonyl (C=O) groups excluding carboxylic acids is 3. The SMILES string of the molecule is CCOC(=O)CCCC1(C(=O)OC)CCCC1=O. The summed E-state index contributed by atoms with van der Waals surface area (Å²) in [4.78, 5) is 34.9. The quantitative estimate of drug-likeness (QED) is 0.533. The molecule has 1 atom stereocenters. The Balaban J connectivity index is 2.56. The highest BCUT2D eigenvalue weighted by Crippen LogP contribution is 2.40. The molecule has 0 amide bonds. The van der Waals surface area contributed by atoms with Crippen molar-refractivity contribution in [2.24, 2.45) is 5.41 Å². The molecule has 1 saturated carbocycles. The van der Waals surface area contributed by atoms with Crippen LogP contribution >= 0.6 is 0 Å². The molecule has 1 fully saturated rings. The number of ketones is 1. The fourth-order valence-corrected chi connectivity index (χ4v) is 2.47. The van der Waals surface area contributed by atoms with E-state index in [1.807, 2.05) is 0 Å². The minimum Gasteiger partial charge on any atom is -0.468 e. The molecule has 5 heteroatoms. The molecule has 0 aliphatic heterocycles. The summed E-state index contributed by atoms with van der Waals surface area (Å²) in [6, 6.07) is 0. The molecule has 0 radical (unpaired) electrons. The van der Waals surface area contributed by atoms with Gasteiger partial charge in [-0.05, 0) is 32.6 Å². The predicted octanol–water partition coefficient (Wildman–Crippen LogP) is 1.63. The third-order valence-electron chi connectivity index (χ3n) is 3.41. The lowest BCUT2D eigenvalue weighted by atomic mass is 9.80. The van der Waals surface area contributed by atoms with Crippen molar-refractivity contribution < 1.29 is 23.9 Å². The van der Waals surface area contributed by atoms with E-state index in [2.05, 4.69) is 0 Å². The van der Waals surface area contributed by atoms with Gasteiger partial charge in [-0.3, -0.25) is 14.4 Å². The minimum atomic E-state index is -1.01. The van der Waals surface area contributed by atoms with E-state index in [1.54, 1.807) is 6.92 Å². The molecule has 0 spiro atoms. The largest absolute Gasteiger partial charge is 0.468 e. The zero-order chi connectivity index (χ0) is 13.6. The molecule has 5 nitrogen and oxygen atoms in total. The van der Waals surface area contributed by atoms with Gasteiger partial charge in [-0.25, -0.2) is 0 Å². The maximum atomic E-state index is 11.9. The minimum absolute atomic E-state index is 0.0572. The van der Waals surface area contributed by atoms with Gasteiger partial charge in [-0.1, -0.05) is 0 Å². The van der Waals surface area contributed by atoms with Gasteiger partial charge in [0.2, 0.25) is 0 Å². The summed E-state index contributed by atoms with van der Waals surface area (Å²) in [5.41, 5.74) is -1.01. The van der Waals surface area contributed by atoms with Crippen molar-refractivity contribution in [3.8, 4) is 0 Å². The molecule has 1 unspecified atom stereocenters. The fourth-order valence-electron chi connectivity index (χ4n) is 2.47. The number of esters is 2. The van der Waals surface area contributed by atoms with Crippen LogP contribution in [0.1, 0.15) is 45.4 Å². The number of ether oxygens (including phenoxy) is 2. The van der Waals surface area contributed by atoms with Crippen molar-refractivity contribution in [1.29, 1.82) is 0 Å². The first kappa shape index (κ1) is 14.7. The van der Waals surface area contributed by atoms with Crippen LogP contribution in [0.4, 0.5) is 0 Å². The number of hydrogen-bond acceptors (Lipinski definition) is 5. The molecule has 0 aromatic carbocycles. The molecule has 0 saturated heterocycles. The molecule has 1 aliphatic carbocycles. The highest BCUT2D eigenvalue weighted by atomic mass is 16.5. The van der Waals surface area contributed by atoms with Gasteiger partial charge in [0, 0.05) is 12.8 Å². The van der Waals surface area contributed by atoms with Crippen LogP contribution < -0.4 is 0 Å². The van der Waals surface area contributed by atoms with Gasteiger partial charge >= 0.3 is 11.9 Å². The number of carbonyl (C=O) groups is 3. The lowest BCUT2D eigenvalue weighted by molar-refractivity contribution is -0.157. The zero-order valence-electron chi connectivity index (χ0n) is 11.0. The number of Topliss-reactive ketones (excluding diaryl/α,β-unsaturated/α-hetero) is 1. The number of rotatable bonds is 6. The lowest BCUT2D eigenvalue weighted by Gasteiger charge is -2.23. The molecule has 0 aromatic rings. The average molecular weight is 256 g/mol. The van der Waals surface area contributed by atoms with Crippen LogP contribution in [0.2, 0.25) is 0 Å². The molecular weight excluding hydrogens is 236 g/mol. The molecule has 18 heavy (non-hydrogen) atoms. The van der Waals surface area contributed by atoms with Crippen molar-refractivity contribution in [1.82, 2.24) is 0 Å². The second-order valence-electron chi connectivity index (χ2n) is 4.51. The second kappa shape index (κ2) is 6.52. The van der Waals surface area contributed by atoms with Crippen molar-refractivity contribution in [2.45, 2.75) is 45.4 Å². The van der Waals surface area contributed by atoms with E-state index in [1.165, 1.54) is 7.11 Å². The van der Waals surface area contributed by atoms with E-state index in [-0.39, 0.29) is 18.2 Å². The van der Waals surface area contributed by atoms with E-state index < -0.39 is 11.4 Å². The van der Waals surface area contributed by atoms with Gasteiger partial charge in [0.25, 0.3) is 0 Å². The molecule has 0 aromatic heterocycles. The summed E-state index contributed by atoms with van der Waals surface area (Å²) in [5, 5.41) is 0. The van der Waals surface area contributed by atoms with Crippen LogP contribution in [-0.2, 0) is 23.9 Å².